The van der Waals surface area contributed by atoms with Gasteiger partial charge in [-0.15, -0.1) is 11.8 Å². The highest BCUT2D eigenvalue weighted by molar-refractivity contribution is 9.10. The van der Waals surface area contributed by atoms with Gasteiger partial charge in [0.05, 0.1) is 6.61 Å². The predicted octanol–water partition coefficient (Wildman–Crippen LogP) is 3.54. The zero-order valence-corrected chi connectivity index (χ0v) is 15.8. The lowest BCUT2D eigenvalue weighted by atomic mass is 10.2. The number of amides is 1. The van der Waals surface area contributed by atoms with Crippen molar-refractivity contribution in [2.24, 2.45) is 0 Å². The van der Waals surface area contributed by atoms with Gasteiger partial charge in [0.15, 0.2) is 6.61 Å². The number of benzene rings is 2. The summed E-state index contributed by atoms with van der Waals surface area (Å²) in [7, 11) is 0. The highest BCUT2D eigenvalue weighted by atomic mass is 79.9. The molecule has 0 aliphatic heterocycles. The number of aliphatic hydroxyl groups excluding tert-OH is 1. The lowest BCUT2D eigenvalue weighted by Gasteiger charge is -2.11. The number of hydrogen-bond acceptors (Lipinski definition) is 4. The Morgan fingerprint density at radius 3 is 2.71 bits per heavy atom. The minimum atomic E-state index is -0.175. The van der Waals surface area contributed by atoms with Gasteiger partial charge in [0.1, 0.15) is 5.75 Å². The Labute approximate surface area is 154 Å². The second-order valence-electron chi connectivity index (χ2n) is 5.21. The van der Waals surface area contributed by atoms with Crippen LogP contribution in [0.5, 0.6) is 5.75 Å². The van der Waals surface area contributed by atoms with E-state index in [1.54, 1.807) is 23.9 Å². The zero-order chi connectivity index (χ0) is 17.4. The molecule has 0 aliphatic carbocycles. The third-order valence-corrected chi connectivity index (χ3v) is 4.77. The van der Waals surface area contributed by atoms with Crippen molar-refractivity contribution in [2.75, 3.05) is 18.9 Å². The molecule has 2 N–H and O–H groups in total. The minimum Gasteiger partial charge on any atom is -0.483 e. The maximum atomic E-state index is 11.8. The molecule has 2 rings (SSSR count). The molecule has 0 heterocycles. The van der Waals surface area contributed by atoms with Crippen molar-refractivity contribution in [1.29, 1.82) is 0 Å². The molecule has 0 aromatic heterocycles. The summed E-state index contributed by atoms with van der Waals surface area (Å²) < 4.78 is 6.33. The van der Waals surface area contributed by atoms with Gasteiger partial charge < -0.3 is 15.2 Å². The molecule has 1 amide bonds. The van der Waals surface area contributed by atoms with E-state index in [-0.39, 0.29) is 19.1 Å². The smallest absolute Gasteiger partial charge is 0.257 e. The van der Waals surface area contributed by atoms with Crippen LogP contribution in [0, 0.1) is 6.92 Å². The van der Waals surface area contributed by atoms with E-state index < -0.39 is 0 Å². The lowest BCUT2D eigenvalue weighted by Crippen LogP contribution is -2.30. The third-order valence-electron chi connectivity index (χ3n) is 3.27. The summed E-state index contributed by atoms with van der Waals surface area (Å²) in [6.07, 6.45) is 0. The van der Waals surface area contributed by atoms with E-state index in [1.165, 1.54) is 10.5 Å². The van der Waals surface area contributed by atoms with Gasteiger partial charge in [-0.1, -0.05) is 33.6 Å². The van der Waals surface area contributed by atoms with E-state index in [1.807, 2.05) is 6.07 Å². The van der Waals surface area contributed by atoms with E-state index in [4.69, 9.17) is 4.74 Å². The van der Waals surface area contributed by atoms with Gasteiger partial charge in [-0.3, -0.25) is 4.79 Å². The first-order chi connectivity index (χ1) is 11.6. The molecule has 128 valence electrons. The molecule has 0 saturated carbocycles. The van der Waals surface area contributed by atoms with Crippen molar-refractivity contribution in [3.8, 4) is 5.75 Å². The van der Waals surface area contributed by atoms with Crippen LogP contribution < -0.4 is 10.1 Å². The van der Waals surface area contributed by atoms with E-state index >= 15 is 0 Å². The Morgan fingerprint density at radius 1 is 1.25 bits per heavy atom. The van der Waals surface area contributed by atoms with Crippen LogP contribution in [-0.2, 0) is 11.4 Å². The highest BCUT2D eigenvalue weighted by Crippen LogP contribution is 2.23. The van der Waals surface area contributed by atoms with Crippen LogP contribution in [0.1, 0.15) is 11.1 Å². The van der Waals surface area contributed by atoms with Crippen molar-refractivity contribution in [3.63, 3.8) is 0 Å². The summed E-state index contributed by atoms with van der Waals surface area (Å²) in [6, 6.07) is 13.6. The number of thioether (sulfide) groups is 1. The van der Waals surface area contributed by atoms with Crippen LogP contribution in [0.3, 0.4) is 0 Å². The third kappa shape index (κ3) is 6.19. The molecule has 0 saturated heterocycles. The summed E-state index contributed by atoms with van der Waals surface area (Å²) in [6.45, 7) is 2.43. The Kier molecular flexibility index (Phi) is 7.62. The van der Waals surface area contributed by atoms with Gasteiger partial charge in [0.25, 0.3) is 5.91 Å². The average molecular weight is 410 g/mol. The molecule has 0 spiro atoms. The predicted molar refractivity (Wildman–Crippen MR) is 100 cm³/mol. The number of aliphatic hydroxyl groups is 1. The monoisotopic (exact) mass is 409 g/mol. The molecule has 0 radical (unpaired) electrons. The Bertz CT molecular complexity index is 676. The fourth-order valence-corrected chi connectivity index (χ4v) is 3.18. The summed E-state index contributed by atoms with van der Waals surface area (Å²) in [5.74, 6) is 1.14. The molecule has 6 heteroatoms. The van der Waals surface area contributed by atoms with Crippen molar-refractivity contribution in [2.45, 2.75) is 18.4 Å². The first kappa shape index (κ1) is 18.8. The SMILES string of the molecule is Cc1ccc(SCCNC(=O)COc2ccc(Br)cc2CO)cc1. The number of carbonyl (C=O) groups excluding carboxylic acids is 1. The fourth-order valence-electron chi connectivity index (χ4n) is 2.00. The highest BCUT2D eigenvalue weighted by Gasteiger charge is 2.07. The van der Waals surface area contributed by atoms with Crippen LogP contribution in [0.2, 0.25) is 0 Å². The van der Waals surface area contributed by atoms with Gasteiger partial charge in [-0.2, -0.15) is 0 Å². The van der Waals surface area contributed by atoms with Crippen molar-refractivity contribution in [3.05, 3.63) is 58.1 Å². The van der Waals surface area contributed by atoms with E-state index in [0.29, 0.717) is 17.9 Å². The van der Waals surface area contributed by atoms with Crippen LogP contribution in [-0.4, -0.2) is 29.9 Å². The van der Waals surface area contributed by atoms with Crippen molar-refractivity contribution >= 4 is 33.6 Å². The molecule has 0 unspecified atom stereocenters. The van der Waals surface area contributed by atoms with Gasteiger partial charge in [-0.25, -0.2) is 0 Å². The first-order valence-corrected chi connectivity index (χ1v) is 9.34. The van der Waals surface area contributed by atoms with Crippen LogP contribution in [0.4, 0.5) is 0 Å². The molecule has 0 atom stereocenters. The molecule has 0 aliphatic rings. The molecule has 2 aromatic carbocycles. The summed E-state index contributed by atoms with van der Waals surface area (Å²) in [5.41, 5.74) is 1.88. The normalized spacial score (nSPS) is 10.5. The number of ether oxygens (including phenoxy) is 1. The fraction of sp³-hybridized carbons (Fsp3) is 0.278. The number of nitrogens with one attached hydrogen (secondary N) is 1. The first-order valence-electron chi connectivity index (χ1n) is 7.56. The average Bonchev–Trinajstić information content (AvgIpc) is 2.59. The second-order valence-corrected chi connectivity index (χ2v) is 7.29. The van der Waals surface area contributed by atoms with Gasteiger partial charge in [0.2, 0.25) is 0 Å². The molecule has 0 bridgehead atoms. The van der Waals surface area contributed by atoms with Crippen LogP contribution in [0.15, 0.2) is 51.8 Å². The number of halogens is 1. The standard InChI is InChI=1S/C18H20BrNO3S/c1-13-2-5-16(6-3-13)24-9-8-20-18(22)12-23-17-7-4-15(19)10-14(17)11-21/h2-7,10,21H,8-9,11-12H2,1H3,(H,20,22). The Hall–Kier alpha value is -1.50. The molecular formula is C18H20BrNO3S. The summed E-state index contributed by atoms with van der Waals surface area (Å²) >= 11 is 5.03. The zero-order valence-electron chi connectivity index (χ0n) is 13.4. The maximum absolute atomic E-state index is 11.8. The Morgan fingerprint density at radius 2 is 2.00 bits per heavy atom. The number of hydrogen-bond donors (Lipinski definition) is 2. The summed E-state index contributed by atoms with van der Waals surface area (Å²) in [4.78, 5) is 13.0. The largest absolute Gasteiger partial charge is 0.483 e. The summed E-state index contributed by atoms with van der Waals surface area (Å²) in [5, 5.41) is 12.1. The molecule has 0 fully saturated rings. The van der Waals surface area contributed by atoms with Crippen molar-refractivity contribution < 1.29 is 14.6 Å². The Balaban J connectivity index is 1.69. The van der Waals surface area contributed by atoms with E-state index in [9.17, 15) is 9.90 Å². The van der Waals surface area contributed by atoms with Crippen LogP contribution >= 0.6 is 27.7 Å². The second kappa shape index (κ2) is 9.71. The minimum absolute atomic E-state index is 0.0656. The number of aryl methyl sites for hydroxylation is 1. The van der Waals surface area contributed by atoms with Crippen molar-refractivity contribution in [1.82, 2.24) is 5.32 Å². The number of rotatable bonds is 8. The molecule has 2 aromatic rings. The van der Waals surface area contributed by atoms with Gasteiger partial charge >= 0.3 is 0 Å². The van der Waals surface area contributed by atoms with E-state index in [0.717, 1.165) is 10.2 Å². The van der Waals surface area contributed by atoms with Crippen LogP contribution in [0.25, 0.3) is 0 Å². The molecule has 24 heavy (non-hydrogen) atoms. The van der Waals surface area contributed by atoms with Gasteiger partial charge in [0, 0.05) is 27.2 Å². The molecular weight excluding hydrogens is 390 g/mol. The van der Waals surface area contributed by atoms with Gasteiger partial charge in [-0.05, 0) is 37.3 Å². The maximum Gasteiger partial charge on any atom is 0.257 e. The number of carbonyl (C=O) groups is 1. The quantitative estimate of drug-likeness (QED) is 0.517. The molecule has 4 nitrogen and oxygen atoms in total. The topological polar surface area (TPSA) is 58.6 Å². The lowest BCUT2D eigenvalue weighted by molar-refractivity contribution is -0.122. The van der Waals surface area contributed by atoms with E-state index in [2.05, 4.69) is 52.4 Å².